The monoisotopic (exact) mass is 372 g/mol. The molecule has 3 heteroatoms. The maximum Gasteiger partial charge on any atom is 0.161 e. The van der Waals surface area contributed by atoms with Gasteiger partial charge in [0.05, 0.1) is 6.61 Å². The van der Waals surface area contributed by atoms with E-state index in [1.54, 1.807) is 12.1 Å². The summed E-state index contributed by atoms with van der Waals surface area (Å²) in [4.78, 5) is 11.0. The second kappa shape index (κ2) is 15.1. The molecule has 27 heavy (non-hydrogen) atoms. The molecule has 3 nitrogen and oxygen atoms in total. The number of hydrogen-bond acceptors (Lipinski definition) is 3. The summed E-state index contributed by atoms with van der Waals surface area (Å²) >= 11 is 0. The second-order valence-corrected chi connectivity index (χ2v) is 6.82. The van der Waals surface area contributed by atoms with Crippen LogP contribution in [0.3, 0.4) is 0 Å². The van der Waals surface area contributed by atoms with Crippen LogP contribution in [0.5, 0.6) is 11.5 Å². The number of unbranched alkanes of at least 4 members (excludes halogenated alkanes) is 6. The Balaban J connectivity index is 2.64. The molecule has 0 N–H and O–H groups in total. The third kappa shape index (κ3) is 10.1. The summed E-state index contributed by atoms with van der Waals surface area (Å²) in [7, 11) is 0. The standard InChI is InChI=1S/C24H36O3/c1-4-7-9-10-11-12-14-16-22(15-13-8-5-2)27-23-18-17-21(20-25)19-24(23)26-6-3/h17-20,22H,4-7,9-12,14-16H2,1-3H3. The van der Waals surface area contributed by atoms with Gasteiger partial charge in [-0.05, 0) is 38.0 Å². The van der Waals surface area contributed by atoms with E-state index in [1.807, 2.05) is 13.0 Å². The van der Waals surface area contributed by atoms with Gasteiger partial charge in [0.1, 0.15) is 12.4 Å². The van der Waals surface area contributed by atoms with E-state index in [1.165, 1.54) is 38.5 Å². The van der Waals surface area contributed by atoms with Crippen LogP contribution in [-0.4, -0.2) is 19.0 Å². The molecule has 1 atom stereocenters. The Morgan fingerprint density at radius 1 is 0.963 bits per heavy atom. The van der Waals surface area contributed by atoms with Gasteiger partial charge < -0.3 is 9.47 Å². The highest BCUT2D eigenvalue weighted by molar-refractivity contribution is 5.76. The summed E-state index contributed by atoms with van der Waals surface area (Å²) in [6, 6.07) is 5.35. The van der Waals surface area contributed by atoms with Gasteiger partial charge >= 0.3 is 0 Å². The molecule has 1 rings (SSSR count). The Morgan fingerprint density at radius 2 is 1.70 bits per heavy atom. The molecule has 0 saturated heterocycles. The lowest BCUT2D eigenvalue weighted by molar-refractivity contribution is 0.112. The molecular weight excluding hydrogens is 336 g/mol. The number of ether oxygens (including phenoxy) is 2. The van der Waals surface area contributed by atoms with Crippen LogP contribution in [-0.2, 0) is 0 Å². The fraction of sp³-hybridized carbons (Fsp3) is 0.625. The highest BCUT2D eigenvalue weighted by Gasteiger charge is 2.14. The van der Waals surface area contributed by atoms with Gasteiger partial charge in [-0.25, -0.2) is 0 Å². The van der Waals surface area contributed by atoms with Crippen LogP contribution >= 0.6 is 0 Å². The zero-order valence-electron chi connectivity index (χ0n) is 17.4. The molecule has 1 aromatic carbocycles. The number of hydrogen-bond donors (Lipinski definition) is 0. The minimum absolute atomic E-state index is 0.0565. The molecule has 0 fully saturated rings. The van der Waals surface area contributed by atoms with E-state index in [4.69, 9.17) is 9.47 Å². The minimum atomic E-state index is 0.0565. The summed E-state index contributed by atoms with van der Waals surface area (Å²) in [5, 5.41) is 0. The molecule has 0 bridgehead atoms. The third-order valence-corrected chi connectivity index (χ3v) is 4.46. The molecule has 0 spiro atoms. The van der Waals surface area contributed by atoms with Crippen LogP contribution in [0.15, 0.2) is 18.2 Å². The van der Waals surface area contributed by atoms with E-state index >= 15 is 0 Å². The highest BCUT2D eigenvalue weighted by Crippen LogP contribution is 2.30. The number of aldehydes is 1. The SMILES string of the molecule is CCC#CCC(CCCCCCCCC)Oc1ccc(C=O)cc1OCC. The first-order valence-corrected chi connectivity index (χ1v) is 10.6. The Bertz CT molecular complexity index is 583. The van der Waals surface area contributed by atoms with Crippen molar-refractivity contribution in [3.05, 3.63) is 23.8 Å². The zero-order chi connectivity index (χ0) is 19.7. The Labute approximate surface area is 165 Å². The van der Waals surface area contributed by atoms with Crippen molar-refractivity contribution in [2.24, 2.45) is 0 Å². The Hall–Kier alpha value is -1.95. The molecule has 0 heterocycles. The maximum absolute atomic E-state index is 11.0. The van der Waals surface area contributed by atoms with Gasteiger partial charge in [-0.1, -0.05) is 58.3 Å². The van der Waals surface area contributed by atoms with E-state index < -0.39 is 0 Å². The predicted octanol–water partition coefficient (Wildman–Crippen LogP) is 6.59. The molecule has 1 unspecified atom stereocenters. The average Bonchev–Trinajstić information content (AvgIpc) is 2.68. The molecule has 0 aromatic heterocycles. The topological polar surface area (TPSA) is 35.5 Å². The summed E-state index contributed by atoms with van der Waals surface area (Å²) in [6.07, 6.45) is 12.5. The van der Waals surface area contributed by atoms with Crippen molar-refractivity contribution in [3.63, 3.8) is 0 Å². The summed E-state index contributed by atoms with van der Waals surface area (Å²) in [5.41, 5.74) is 0.597. The predicted molar refractivity (Wildman–Crippen MR) is 113 cm³/mol. The van der Waals surface area contributed by atoms with E-state index in [0.717, 1.165) is 32.0 Å². The van der Waals surface area contributed by atoms with Gasteiger partial charge in [-0.2, -0.15) is 0 Å². The molecule has 0 amide bonds. The first-order valence-electron chi connectivity index (χ1n) is 10.6. The molecule has 0 saturated carbocycles. The van der Waals surface area contributed by atoms with Gasteiger partial charge in [-0.3, -0.25) is 4.79 Å². The molecule has 150 valence electrons. The largest absolute Gasteiger partial charge is 0.490 e. The molecule has 0 aliphatic carbocycles. The second-order valence-electron chi connectivity index (χ2n) is 6.82. The zero-order valence-corrected chi connectivity index (χ0v) is 17.4. The number of benzene rings is 1. The van der Waals surface area contributed by atoms with Crippen molar-refractivity contribution >= 4 is 6.29 Å². The van der Waals surface area contributed by atoms with Crippen molar-refractivity contribution in [2.45, 2.75) is 91.1 Å². The summed E-state index contributed by atoms with van der Waals surface area (Å²) in [5.74, 6) is 7.70. The van der Waals surface area contributed by atoms with Gasteiger partial charge in [0.15, 0.2) is 11.5 Å². The van der Waals surface area contributed by atoms with Crippen LogP contribution in [0.1, 0.15) is 95.3 Å². The van der Waals surface area contributed by atoms with Crippen molar-refractivity contribution < 1.29 is 14.3 Å². The van der Waals surface area contributed by atoms with E-state index in [2.05, 4.69) is 25.7 Å². The van der Waals surface area contributed by atoms with Crippen LogP contribution in [0.2, 0.25) is 0 Å². The van der Waals surface area contributed by atoms with Crippen molar-refractivity contribution in [2.75, 3.05) is 6.61 Å². The van der Waals surface area contributed by atoms with Gasteiger partial charge in [-0.15, -0.1) is 5.92 Å². The maximum atomic E-state index is 11.0. The number of rotatable bonds is 14. The third-order valence-electron chi connectivity index (χ3n) is 4.46. The summed E-state index contributed by atoms with van der Waals surface area (Å²) in [6.45, 7) is 6.78. The molecule has 0 radical (unpaired) electrons. The lowest BCUT2D eigenvalue weighted by atomic mass is 10.0. The van der Waals surface area contributed by atoms with Crippen molar-refractivity contribution in [1.82, 2.24) is 0 Å². The Kier molecular flexibility index (Phi) is 12.9. The number of carbonyl (C=O) groups is 1. The molecule has 0 aliphatic rings. The van der Waals surface area contributed by atoms with Gasteiger partial charge in [0, 0.05) is 18.4 Å². The quantitative estimate of drug-likeness (QED) is 0.210. The van der Waals surface area contributed by atoms with Gasteiger partial charge in [0.2, 0.25) is 0 Å². The van der Waals surface area contributed by atoms with E-state index in [0.29, 0.717) is 23.7 Å². The first kappa shape index (κ1) is 23.1. The minimum Gasteiger partial charge on any atom is -0.490 e. The van der Waals surface area contributed by atoms with Crippen LogP contribution in [0, 0.1) is 11.8 Å². The fourth-order valence-electron chi connectivity index (χ4n) is 2.99. The first-order chi connectivity index (χ1) is 13.2. The average molecular weight is 373 g/mol. The smallest absolute Gasteiger partial charge is 0.161 e. The molecular formula is C24H36O3. The van der Waals surface area contributed by atoms with Crippen LogP contribution in [0.4, 0.5) is 0 Å². The van der Waals surface area contributed by atoms with Crippen LogP contribution < -0.4 is 9.47 Å². The summed E-state index contributed by atoms with van der Waals surface area (Å²) < 4.78 is 11.9. The van der Waals surface area contributed by atoms with E-state index in [-0.39, 0.29) is 6.10 Å². The lowest BCUT2D eigenvalue weighted by Gasteiger charge is -2.19. The van der Waals surface area contributed by atoms with Crippen molar-refractivity contribution in [3.8, 4) is 23.3 Å². The molecule has 1 aromatic rings. The fourth-order valence-corrected chi connectivity index (χ4v) is 2.99. The van der Waals surface area contributed by atoms with Crippen LogP contribution in [0.25, 0.3) is 0 Å². The number of carbonyl (C=O) groups excluding carboxylic acids is 1. The Morgan fingerprint density at radius 3 is 2.37 bits per heavy atom. The van der Waals surface area contributed by atoms with Crippen molar-refractivity contribution in [1.29, 1.82) is 0 Å². The molecule has 0 aliphatic heterocycles. The highest BCUT2D eigenvalue weighted by atomic mass is 16.5. The van der Waals surface area contributed by atoms with E-state index in [9.17, 15) is 4.79 Å². The van der Waals surface area contributed by atoms with Gasteiger partial charge in [0.25, 0.3) is 0 Å². The lowest BCUT2D eigenvalue weighted by Crippen LogP contribution is -2.16. The normalized spacial score (nSPS) is 11.4.